The number of carbonyl (C=O) groups excluding carboxylic acids is 1. The maximum Gasteiger partial charge on any atom is 0.255 e. The van der Waals surface area contributed by atoms with E-state index < -0.39 is 0 Å². The van der Waals surface area contributed by atoms with Crippen molar-refractivity contribution in [3.05, 3.63) is 53.1 Å². The summed E-state index contributed by atoms with van der Waals surface area (Å²) in [5.41, 5.74) is 10.4. The van der Waals surface area contributed by atoms with E-state index in [0.29, 0.717) is 29.6 Å². The van der Waals surface area contributed by atoms with Crippen LogP contribution in [0.5, 0.6) is 0 Å². The van der Waals surface area contributed by atoms with Crippen molar-refractivity contribution >= 4 is 39.9 Å². The van der Waals surface area contributed by atoms with Crippen molar-refractivity contribution in [3.8, 4) is 11.1 Å². The zero-order chi connectivity index (χ0) is 21.4. The molecule has 160 valence electrons. The summed E-state index contributed by atoms with van der Waals surface area (Å²) in [4.78, 5) is 21.9. The summed E-state index contributed by atoms with van der Waals surface area (Å²) in [6, 6.07) is 13.7. The Kier molecular flexibility index (Phi) is 5.42. The van der Waals surface area contributed by atoms with E-state index in [4.69, 9.17) is 22.1 Å². The molecule has 2 fully saturated rings. The molecule has 0 bridgehead atoms. The number of benzene rings is 2. The number of nitrogens with zero attached hydrogens (tertiary/aromatic N) is 3. The molecular formula is C24H25ClN4O2. The van der Waals surface area contributed by atoms with Crippen molar-refractivity contribution < 1.29 is 9.53 Å². The molecule has 3 aromatic rings. The smallest absolute Gasteiger partial charge is 0.255 e. The number of amides is 1. The molecular weight excluding hydrogens is 412 g/mol. The molecule has 2 N–H and O–H groups in total. The zero-order valence-electron chi connectivity index (χ0n) is 17.3. The predicted octanol–water partition coefficient (Wildman–Crippen LogP) is 4.21. The van der Waals surface area contributed by atoms with Crippen LogP contribution in [0, 0.1) is 0 Å². The molecule has 0 atom stereocenters. The molecule has 2 aromatic carbocycles. The molecule has 2 saturated heterocycles. The van der Waals surface area contributed by atoms with Crippen molar-refractivity contribution in [2.24, 2.45) is 0 Å². The maximum atomic E-state index is 13.2. The van der Waals surface area contributed by atoms with Gasteiger partial charge in [-0.1, -0.05) is 29.8 Å². The second kappa shape index (κ2) is 8.36. The van der Waals surface area contributed by atoms with Crippen LogP contribution in [0.4, 0.5) is 11.5 Å². The molecule has 3 heterocycles. The Hall–Kier alpha value is -2.83. The molecule has 2 aliphatic heterocycles. The highest BCUT2D eigenvalue weighted by Crippen LogP contribution is 2.34. The molecule has 5 rings (SSSR count). The van der Waals surface area contributed by atoms with E-state index in [-0.39, 0.29) is 5.91 Å². The lowest BCUT2D eigenvalue weighted by molar-refractivity contribution is 0.0793. The van der Waals surface area contributed by atoms with Crippen LogP contribution in [-0.4, -0.2) is 55.2 Å². The topological polar surface area (TPSA) is 71.7 Å². The fourth-order valence-electron chi connectivity index (χ4n) is 4.47. The van der Waals surface area contributed by atoms with Crippen LogP contribution in [0.3, 0.4) is 0 Å². The highest BCUT2D eigenvalue weighted by atomic mass is 35.5. The number of likely N-dealkylation sites (tertiary alicyclic amines) is 1. The average Bonchev–Trinajstić information content (AvgIpc) is 3.33. The summed E-state index contributed by atoms with van der Waals surface area (Å²) in [7, 11) is 0. The minimum absolute atomic E-state index is 0.00244. The van der Waals surface area contributed by atoms with Crippen LogP contribution in [0.25, 0.3) is 22.0 Å². The second-order valence-electron chi connectivity index (χ2n) is 8.06. The van der Waals surface area contributed by atoms with Crippen molar-refractivity contribution in [1.29, 1.82) is 0 Å². The van der Waals surface area contributed by atoms with Gasteiger partial charge in [0.25, 0.3) is 5.91 Å². The first-order chi connectivity index (χ1) is 15.1. The summed E-state index contributed by atoms with van der Waals surface area (Å²) >= 11 is 6.52. The van der Waals surface area contributed by atoms with Crippen LogP contribution in [0.15, 0.2) is 42.5 Å². The number of rotatable bonds is 3. The van der Waals surface area contributed by atoms with Gasteiger partial charge in [-0.2, -0.15) is 0 Å². The number of ether oxygens (including phenoxy) is 1. The first-order valence-corrected chi connectivity index (χ1v) is 11.1. The normalized spacial score (nSPS) is 16.8. The molecule has 1 aromatic heterocycles. The van der Waals surface area contributed by atoms with Gasteiger partial charge in [-0.25, -0.2) is 4.98 Å². The molecule has 0 saturated carbocycles. The predicted molar refractivity (Wildman–Crippen MR) is 125 cm³/mol. The van der Waals surface area contributed by atoms with E-state index in [0.717, 1.165) is 66.7 Å². The Balaban J connectivity index is 1.58. The van der Waals surface area contributed by atoms with Crippen LogP contribution in [-0.2, 0) is 4.74 Å². The summed E-state index contributed by atoms with van der Waals surface area (Å²) in [6.45, 7) is 4.52. The van der Waals surface area contributed by atoms with Gasteiger partial charge in [-0.15, -0.1) is 0 Å². The molecule has 0 spiro atoms. The molecule has 0 radical (unpaired) electrons. The van der Waals surface area contributed by atoms with Gasteiger partial charge in [0.05, 0.1) is 35.0 Å². The van der Waals surface area contributed by atoms with Crippen LogP contribution < -0.4 is 10.6 Å². The Bertz CT molecular complexity index is 1140. The number of fused-ring (bicyclic) bond motifs is 1. The van der Waals surface area contributed by atoms with Gasteiger partial charge in [0.1, 0.15) is 5.82 Å². The standard InChI is InChI=1S/C24H25ClN4O2/c25-19-5-3-4-18(22(19)24(30)29-8-1-2-9-29)16-6-7-20-17(14-16)15-21(23(26)27-20)28-10-12-31-13-11-28/h3-7,14-15H,1-2,8-13H2,(H2,26,27). The van der Waals surface area contributed by atoms with Crippen LogP contribution in [0.1, 0.15) is 23.2 Å². The van der Waals surface area contributed by atoms with E-state index in [2.05, 4.69) is 22.0 Å². The van der Waals surface area contributed by atoms with Gasteiger partial charge in [0, 0.05) is 31.6 Å². The molecule has 6 nitrogen and oxygen atoms in total. The third-order valence-electron chi connectivity index (χ3n) is 6.11. The van der Waals surface area contributed by atoms with Crippen LogP contribution >= 0.6 is 11.6 Å². The lowest BCUT2D eigenvalue weighted by Gasteiger charge is -2.29. The molecule has 0 aliphatic carbocycles. The number of aromatic nitrogens is 1. The summed E-state index contributed by atoms with van der Waals surface area (Å²) in [5, 5.41) is 1.46. The number of nitrogen functional groups attached to an aromatic ring is 1. The van der Waals surface area contributed by atoms with E-state index in [1.807, 2.05) is 29.2 Å². The maximum absolute atomic E-state index is 13.2. The fraction of sp³-hybridized carbons (Fsp3) is 0.333. The van der Waals surface area contributed by atoms with Gasteiger partial charge in [-0.3, -0.25) is 4.79 Å². The molecule has 1 amide bonds. The Labute approximate surface area is 186 Å². The molecule has 7 heteroatoms. The number of hydrogen-bond donors (Lipinski definition) is 1. The fourth-order valence-corrected chi connectivity index (χ4v) is 4.72. The van der Waals surface area contributed by atoms with E-state index >= 15 is 0 Å². The van der Waals surface area contributed by atoms with Gasteiger partial charge in [0.15, 0.2) is 0 Å². The number of morpholine rings is 1. The quantitative estimate of drug-likeness (QED) is 0.665. The second-order valence-corrected chi connectivity index (χ2v) is 8.47. The zero-order valence-corrected chi connectivity index (χ0v) is 18.1. The summed E-state index contributed by atoms with van der Waals surface area (Å²) in [6.07, 6.45) is 2.08. The van der Waals surface area contributed by atoms with E-state index in [1.165, 1.54) is 0 Å². The van der Waals surface area contributed by atoms with Crippen LogP contribution in [0.2, 0.25) is 5.02 Å². The summed E-state index contributed by atoms with van der Waals surface area (Å²) in [5.74, 6) is 0.525. The Morgan fingerprint density at radius 1 is 1.03 bits per heavy atom. The number of anilines is 2. The number of hydrogen-bond acceptors (Lipinski definition) is 5. The van der Waals surface area contributed by atoms with E-state index in [1.54, 1.807) is 6.07 Å². The number of pyridine rings is 1. The van der Waals surface area contributed by atoms with Gasteiger partial charge in [-0.05, 0) is 48.2 Å². The number of nitrogens with two attached hydrogens (primary N) is 1. The lowest BCUT2D eigenvalue weighted by atomic mass is 9.97. The highest BCUT2D eigenvalue weighted by Gasteiger charge is 2.25. The number of carbonyl (C=O) groups is 1. The number of halogens is 1. The monoisotopic (exact) mass is 436 g/mol. The highest BCUT2D eigenvalue weighted by molar-refractivity contribution is 6.34. The van der Waals surface area contributed by atoms with E-state index in [9.17, 15) is 4.79 Å². The molecule has 31 heavy (non-hydrogen) atoms. The van der Waals surface area contributed by atoms with Crippen molar-refractivity contribution in [2.75, 3.05) is 50.0 Å². The Morgan fingerprint density at radius 2 is 1.81 bits per heavy atom. The first-order valence-electron chi connectivity index (χ1n) is 10.7. The van der Waals surface area contributed by atoms with Crippen molar-refractivity contribution in [2.45, 2.75) is 12.8 Å². The molecule has 0 unspecified atom stereocenters. The van der Waals surface area contributed by atoms with Crippen molar-refractivity contribution in [3.63, 3.8) is 0 Å². The van der Waals surface area contributed by atoms with Gasteiger partial charge < -0.3 is 20.3 Å². The van der Waals surface area contributed by atoms with Crippen molar-refractivity contribution in [1.82, 2.24) is 9.88 Å². The minimum atomic E-state index is 0.00244. The van der Waals surface area contributed by atoms with Gasteiger partial charge in [0.2, 0.25) is 0 Å². The third-order valence-corrected chi connectivity index (χ3v) is 6.42. The first kappa shape index (κ1) is 20.1. The minimum Gasteiger partial charge on any atom is -0.382 e. The Morgan fingerprint density at radius 3 is 2.58 bits per heavy atom. The third kappa shape index (κ3) is 3.82. The average molecular weight is 437 g/mol. The van der Waals surface area contributed by atoms with Gasteiger partial charge >= 0.3 is 0 Å². The lowest BCUT2D eigenvalue weighted by Crippen LogP contribution is -2.36. The summed E-state index contributed by atoms with van der Waals surface area (Å²) < 4.78 is 5.46. The largest absolute Gasteiger partial charge is 0.382 e. The SMILES string of the molecule is Nc1nc2ccc(-c3cccc(Cl)c3C(=O)N3CCCC3)cc2cc1N1CCOCC1. The molecule has 2 aliphatic rings.